The highest BCUT2D eigenvalue weighted by Gasteiger charge is 2.33. The number of anilines is 1. The molecule has 1 N–H and O–H groups in total. The number of benzene rings is 1. The van der Waals surface area contributed by atoms with Gasteiger partial charge in [-0.15, -0.1) is 0 Å². The van der Waals surface area contributed by atoms with E-state index in [2.05, 4.69) is 0 Å². The van der Waals surface area contributed by atoms with Crippen LogP contribution in [0.25, 0.3) is 0 Å². The van der Waals surface area contributed by atoms with Crippen molar-refractivity contribution < 1.29 is 19.6 Å². The lowest BCUT2D eigenvalue weighted by molar-refractivity contribution is -0.384. The predicted octanol–water partition coefficient (Wildman–Crippen LogP) is 1.98. The second-order valence-electron chi connectivity index (χ2n) is 4.74. The molecule has 1 aromatic rings. The van der Waals surface area contributed by atoms with Crippen molar-refractivity contribution in [2.24, 2.45) is 5.92 Å². The van der Waals surface area contributed by atoms with E-state index < -0.39 is 22.9 Å². The van der Waals surface area contributed by atoms with Crippen LogP contribution in [-0.4, -0.2) is 28.5 Å². The van der Waals surface area contributed by atoms with Gasteiger partial charge in [0, 0.05) is 5.56 Å². The Kier molecular flexibility index (Phi) is 4.79. The standard InChI is InChI=1S/C13H16N2O5/c1-8(2)11(13(17)18)14(7-16)10-6-4-5-9(3)12(10)15(19)20/h4-8,11H,1-3H3,(H,17,18). The van der Waals surface area contributed by atoms with E-state index >= 15 is 0 Å². The van der Waals surface area contributed by atoms with Gasteiger partial charge in [0.2, 0.25) is 6.41 Å². The Hall–Kier alpha value is -2.44. The number of aryl methyl sites for hydroxylation is 1. The second kappa shape index (κ2) is 6.14. The van der Waals surface area contributed by atoms with Crippen LogP contribution < -0.4 is 4.90 Å². The van der Waals surface area contributed by atoms with Gasteiger partial charge in [-0.05, 0) is 18.9 Å². The first kappa shape index (κ1) is 15.6. The molecule has 108 valence electrons. The molecule has 0 bridgehead atoms. The summed E-state index contributed by atoms with van der Waals surface area (Å²) in [4.78, 5) is 34.0. The van der Waals surface area contributed by atoms with Gasteiger partial charge in [-0.25, -0.2) is 4.79 Å². The number of nitrogens with zero attached hydrogens (tertiary/aromatic N) is 2. The number of para-hydroxylation sites is 1. The molecular weight excluding hydrogens is 264 g/mol. The van der Waals surface area contributed by atoms with Gasteiger partial charge in [0.25, 0.3) is 5.69 Å². The highest BCUT2D eigenvalue weighted by Crippen LogP contribution is 2.33. The maximum atomic E-state index is 11.3. The van der Waals surface area contributed by atoms with Crippen molar-refractivity contribution in [1.29, 1.82) is 0 Å². The summed E-state index contributed by atoms with van der Waals surface area (Å²) in [5.74, 6) is -1.60. The molecule has 7 nitrogen and oxygen atoms in total. The second-order valence-corrected chi connectivity index (χ2v) is 4.74. The van der Waals surface area contributed by atoms with Crippen LogP contribution in [0.15, 0.2) is 18.2 Å². The molecule has 0 radical (unpaired) electrons. The number of hydrogen-bond donors (Lipinski definition) is 1. The van der Waals surface area contributed by atoms with Crippen molar-refractivity contribution in [3.8, 4) is 0 Å². The third-order valence-corrected chi connectivity index (χ3v) is 2.97. The van der Waals surface area contributed by atoms with Crippen molar-refractivity contribution >= 4 is 23.8 Å². The summed E-state index contributed by atoms with van der Waals surface area (Å²) >= 11 is 0. The zero-order valence-corrected chi connectivity index (χ0v) is 11.4. The minimum absolute atomic E-state index is 0.00824. The predicted molar refractivity (Wildman–Crippen MR) is 72.6 cm³/mol. The van der Waals surface area contributed by atoms with Crippen molar-refractivity contribution in [3.05, 3.63) is 33.9 Å². The molecule has 1 amide bonds. The summed E-state index contributed by atoms with van der Waals surface area (Å²) in [5, 5.41) is 20.4. The third kappa shape index (κ3) is 2.93. The van der Waals surface area contributed by atoms with E-state index in [9.17, 15) is 24.8 Å². The van der Waals surface area contributed by atoms with Crippen LogP contribution in [-0.2, 0) is 9.59 Å². The molecule has 20 heavy (non-hydrogen) atoms. The normalized spacial score (nSPS) is 12.0. The van der Waals surface area contributed by atoms with Crippen LogP contribution in [0, 0.1) is 23.0 Å². The number of aliphatic carboxylic acids is 1. The molecule has 0 aliphatic rings. The highest BCUT2D eigenvalue weighted by atomic mass is 16.6. The molecule has 1 atom stereocenters. The van der Waals surface area contributed by atoms with Crippen LogP contribution >= 0.6 is 0 Å². The summed E-state index contributed by atoms with van der Waals surface area (Å²) in [5.41, 5.74) is 0.102. The van der Waals surface area contributed by atoms with Crippen LogP contribution in [0.1, 0.15) is 19.4 Å². The fourth-order valence-electron chi connectivity index (χ4n) is 2.09. The van der Waals surface area contributed by atoms with E-state index in [1.165, 1.54) is 19.1 Å². The SMILES string of the molecule is Cc1cccc(N(C=O)C(C(=O)O)C(C)C)c1[N+](=O)[O-]. The smallest absolute Gasteiger partial charge is 0.327 e. The molecule has 0 saturated carbocycles. The van der Waals surface area contributed by atoms with Gasteiger partial charge in [0.05, 0.1) is 4.92 Å². The van der Waals surface area contributed by atoms with Crippen molar-refractivity contribution in [2.45, 2.75) is 26.8 Å². The molecule has 1 aromatic carbocycles. The Labute approximate surface area is 116 Å². The minimum Gasteiger partial charge on any atom is -0.480 e. The Morgan fingerprint density at radius 1 is 1.45 bits per heavy atom. The largest absolute Gasteiger partial charge is 0.480 e. The topological polar surface area (TPSA) is 101 Å². The number of hydrogen-bond acceptors (Lipinski definition) is 4. The van der Waals surface area contributed by atoms with E-state index in [1.54, 1.807) is 19.9 Å². The van der Waals surface area contributed by atoms with Crippen LogP contribution in [0.3, 0.4) is 0 Å². The van der Waals surface area contributed by atoms with E-state index in [-0.39, 0.29) is 11.4 Å². The number of carboxylic acid groups (broad SMARTS) is 1. The molecule has 0 aliphatic carbocycles. The van der Waals surface area contributed by atoms with Gasteiger partial charge < -0.3 is 5.11 Å². The number of nitro benzene ring substituents is 1. The summed E-state index contributed by atoms with van der Waals surface area (Å²) in [6.07, 6.45) is 0.320. The van der Waals surface area contributed by atoms with E-state index in [1.807, 2.05) is 0 Å². The molecule has 0 spiro atoms. The summed E-state index contributed by atoms with van der Waals surface area (Å²) in [6.45, 7) is 4.81. The van der Waals surface area contributed by atoms with Crippen molar-refractivity contribution in [3.63, 3.8) is 0 Å². The molecule has 1 rings (SSSR count). The maximum Gasteiger partial charge on any atom is 0.327 e. The van der Waals surface area contributed by atoms with Gasteiger partial charge in [0.1, 0.15) is 11.7 Å². The summed E-state index contributed by atoms with van der Waals surface area (Å²) in [7, 11) is 0. The van der Waals surface area contributed by atoms with Gasteiger partial charge in [0.15, 0.2) is 0 Å². The Morgan fingerprint density at radius 3 is 2.45 bits per heavy atom. The number of rotatable bonds is 6. The zero-order valence-electron chi connectivity index (χ0n) is 11.4. The first-order valence-electron chi connectivity index (χ1n) is 6.01. The molecule has 0 heterocycles. The first-order chi connectivity index (χ1) is 9.31. The molecule has 1 unspecified atom stereocenters. The maximum absolute atomic E-state index is 11.3. The number of carboxylic acids is 1. The van der Waals surface area contributed by atoms with Crippen LogP contribution in [0.5, 0.6) is 0 Å². The molecule has 0 saturated heterocycles. The van der Waals surface area contributed by atoms with Gasteiger partial charge in [-0.2, -0.15) is 0 Å². The summed E-state index contributed by atoms with van der Waals surface area (Å²) in [6, 6.07) is 3.30. The van der Waals surface area contributed by atoms with Gasteiger partial charge in [-0.1, -0.05) is 26.0 Å². The van der Waals surface area contributed by atoms with Gasteiger partial charge >= 0.3 is 5.97 Å². The molecule has 0 fully saturated rings. The van der Waals surface area contributed by atoms with Crippen molar-refractivity contribution in [1.82, 2.24) is 0 Å². The quantitative estimate of drug-likeness (QED) is 0.487. The summed E-state index contributed by atoms with van der Waals surface area (Å²) < 4.78 is 0. The molecule has 7 heteroatoms. The average molecular weight is 280 g/mol. The van der Waals surface area contributed by atoms with E-state index in [0.29, 0.717) is 12.0 Å². The lowest BCUT2D eigenvalue weighted by Crippen LogP contribution is -2.44. The van der Waals surface area contributed by atoms with E-state index in [4.69, 9.17) is 0 Å². The lowest BCUT2D eigenvalue weighted by Gasteiger charge is -2.27. The average Bonchev–Trinajstić information content (AvgIpc) is 2.33. The highest BCUT2D eigenvalue weighted by molar-refractivity contribution is 5.91. The molecule has 0 aromatic heterocycles. The number of carbonyl (C=O) groups excluding carboxylic acids is 1. The fraction of sp³-hybridized carbons (Fsp3) is 0.385. The monoisotopic (exact) mass is 280 g/mol. The van der Waals surface area contributed by atoms with E-state index in [0.717, 1.165) is 4.90 Å². The van der Waals surface area contributed by atoms with Crippen molar-refractivity contribution in [2.75, 3.05) is 4.90 Å². The Bertz CT molecular complexity index is 542. The lowest BCUT2D eigenvalue weighted by atomic mass is 10.0. The third-order valence-electron chi connectivity index (χ3n) is 2.97. The van der Waals surface area contributed by atoms with Crippen LogP contribution in [0.4, 0.5) is 11.4 Å². The fourth-order valence-corrected chi connectivity index (χ4v) is 2.09. The number of amides is 1. The number of carbonyl (C=O) groups is 2. The first-order valence-corrected chi connectivity index (χ1v) is 6.01. The Morgan fingerprint density at radius 2 is 2.05 bits per heavy atom. The zero-order chi connectivity index (χ0) is 15.4. The Balaban J connectivity index is 3.46. The molecular formula is C13H16N2O5. The minimum atomic E-state index is -1.21. The van der Waals surface area contributed by atoms with Crippen LogP contribution in [0.2, 0.25) is 0 Å². The number of nitro groups is 1. The van der Waals surface area contributed by atoms with Gasteiger partial charge in [-0.3, -0.25) is 19.8 Å². The molecule has 0 aliphatic heterocycles.